The van der Waals surface area contributed by atoms with Crippen molar-refractivity contribution in [2.75, 3.05) is 12.4 Å². The van der Waals surface area contributed by atoms with Gasteiger partial charge in [-0.2, -0.15) is 13.2 Å². The number of rotatable bonds is 8. The van der Waals surface area contributed by atoms with Crippen molar-refractivity contribution in [3.63, 3.8) is 0 Å². The lowest BCUT2D eigenvalue weighted by molar-refractivity contribution is -0.148. The molecular weight excluding hydrogens is 499 g/mol. The van der Waals surface area contributed by atoms with Crippen LogP contribution in [0.3, 0.4) is 0 Å². The fraction of sp³-hybridized carbons (Fsp3) is 0.333. The van der Waals surface area contributed by atoms with Gasteiger partial charge in [0.1, 0.15) is 12.6 Å². The number of halogens is 8. The lowest BCUT2D eigenvalue weighted by Gasteiger charge is -2.25. The summed E-state index contributed by atoms with van der Waals surface area (Å²) in [7, 11) is 1.08. The van der Waals surface area contributed by atoms with E-state index in [9.17, 15) is 40.3 Å². The molecular formula is C21H17ClF7NO4. The average Bonchev–Trinajstić information content (AvgIpc) is 2.75. The summed E-state index contributed by atoms with van der Waals surface area (Å²) in [5, 5.41) is 2.10. The Bertz CT molecular complexity index is 1050. The maximum Gasteiger partial charge on any atom is 0.416 e. The molecule has 34 heavy (non-hydrogen) atoms. The Morgan fingerprint density at radius 1 is 1.06 bits per heavy atom. The molecule has 2 atom stereocenters. The number of alkyl halides is 3. The molecule has 1 N–H and O–H groups in total. The lowest BCUT2D eigenvalue weighted by Crippen LogP contribution is -2.38. The number of nitrogens with one attached hydrogen (secondary N) is 1. The standard InChI is InChI=1S/C21H17ClF7NO4/c1-9(5-16(31)33-2)19(30-15-4-3-10(6-12(15)22)21(27,28)29)20(32)34-8-11-17(25)13(23)7-14(24)18(11)26/h3-4,6-7,9,19,30H,5,8H2,1-2H3. The van der Waals surface area contributed by atoms with Crippen LogP contribution in [0.1, 0.15) is 24.5 Å². The normalized spacial score (nSPS) is 13.2. The van der Waals surface area contributed by atoms with Gasteiger partial charge in [0.15, 0.2) is 23.3 Å². The second kappa shape index (κ2) is 10.9. The topological polar surface area (TPSA) is 64.6 Å². The highest BCUT2D eigenvalue weighted by Crippen LogP contribution is 2.34. The van der Waals surface area contributed by atoms with Gasteiger partial charge in [0, 0.05) is 6.07 Å². The van der Waals surface area contributed by atoms with E-state index in [-0.39, 0.29) is 18.2 Å². The monoisotopic (exact) mass is 515 g/mol. The summed E-state index contributed by atoms with van der Waals surface area (Å²) in [5.41, 5.74) is -2.41. The van der Waals surface area contributed by atoms with E-state index in [1.165, 1.54) is 6.92 Å². The van der Waals surface area contributed by atoms with Crippen LogP contribution in [0.2, 0.25) is 5.02 Å². The highest BCUT2D eigenvalue weighted by atomic mass is 35.5. The van der Waals surface area contributed by atoms with Gasteiger partial charge in [0.2, 0.25) is 0 Å². The first-order valence-electron chi connectivity index (χ1n) is 9.44. The molecule has 2 rings (SSSR count). The molecule has 0 heterocycles. The number of hydrogen-bond donors (Lipinski definition) is 1. The Balaban J connectivity index is 2.31. The third-order valence-electron chi connectivity index (χ3n) is 4.71. The van der Waals surface area contributed by atoms with Gasteiger partial charge in [-0.25, -0.2) is 22.4 Å². The summed E-state index contributed by atoms with van der Waals surface area (Å²) in [4.78, 5) is 24.3. The Labute approximate surface area is 193 Å². The van der Waals surface area contributed by atoms with Crippen molar-refractivity contribution in [3.8, 4) is 0 Å². The van der Waals surface area contributed by atoms with E-state index in [0.717, 1.165) is 13.2 Å². The van der Waals surface area contributed by atoms with E-state index in [4.69, 9.17) is 16.3 Å². The molecule has 2 unspecified atom stereocenters. The van der Waals surface area contributed by atoms with Gasteiger partial charge >= 0.3 is 18.1 Å². The summed E-state index contributed by atoms with van der Waals surface area (Å²) in [6, 6.07) is 0.695. The van der Waals surface area contributed by atoms with Gasteiger partial charge in [-0.05, 0) is 24.1 Å². The summed E-state index contributed by atoms with van der Waals surface area (Å²) in [6.45, 7) is 0.159. The molecule has 2 aromatic carbocycles. The molecule has 0 fully saturated rings. The highest BCUT2D eigenvalue weighted by Gasteiger charge is 2.33. The number of esters is 2. The number of carbonyl (C=O) groups is 2. The Kier molecular flexibility index (Phi) is 8.76. The van der Waals surface area contributed by atoms with Crippen LogP contribution in [-0.4, -0.2) is 25.1 Å². The van der Waals surface area contributed by atoms with Crippen molar-refractivity contribution in [2.24, 2.45) is 5.92 Å². The molecule has 0 saturated carbocycles. The van der Waals surface area contributed by atoms with Crippen molar-refractivity contribution >= 4 is 29.2 Å². The van der Waals surface area contributed by atoms with E-state index in [1.807, 2.05) is 0 Å². The average molecular weight is 516 g/mol. The number of ether oxygens (including phenoxy) is 2. The van der Waals surface area contributed by atoms with Crippen molar-refractivity contribution in [1.82, 2.24) is 0 Å². The minimum atomic E-state index is -4.69. The van der Waals surface area contributed by atoms with Crippen molar-refractivity contribution < 1.29 is 49.8 Å². The number of carbonyl (C=O) groups excluding carboxylic acids is 2. The zero-order chi connectivity index (χ0) is 25.8. The molecule has 0 aliphatic carbocycles. The minimum absolute atomic E-state index is 0.0224. The van der Waals surface area contributed by atoms with Crippen LogP contribution in [0.5, 0.6) is 0 Å². The predicted molar refractivity (Wildman–Crippen MR) is 106 cm³/mol. The Morgan fingerprint density at radius 3 is 2.15 bits per heavy atom. The van der Waals surface area contributed by atoms with Gasteiger partial charge in [-0.1, -0.05) is 18.5 Å². The van der Waals surface area contributed by atoms with E-state index in [0.29, 0.717) is 12.1 Å². The molecule has 2 aromatic rings. The van der Waals surface area contributed by atoms with Gasteiger partial charge in [0.05, 0.1) is 35.4 Å². The van der Waals surface area contributed by atoms with Crippen LogP contribution in [0, 0.1) is 29.2 Å². The third kappa shape index (κ3) is 6.52. The molecule has 0 bridgehead atoms. The van der Waals surface area contributed by atoms with E-state index < -0.39 is 76.1 Å². The lowest BCUT2D eigenvalue weighted by atomic mass is 9.97. The highest BCUT2D eigenvalue weighted by molar-refractivity contribution is 6.33. The molecule has 0 saturated heterocycles. The summed E-state index contributed by atoms with van der Waals surface area (Å²) >= 11 is 5.88. The molecule has 0 aromatic heterocycles. The number of hydrogen-bond acceptors (Lipinski definition) is 5. The first kappa shape index (κ1) is 27.2. The predicted octanol–water partition coefficient (Wildman–Crippen LogP) is 5.64. The maximum absolute atomic E-state index is 13.8. The van der Waals surface area contributed by atoms with Crippen LogP contribution in [-0.2, 0) is 31.8 Å². The smallest absolute Gasteiger partial charge is 0.416 e. The summed E-state index contributed by atoms with van der Waals surface area (Å²) in [5.74, 6) is -9.90. The minimum Gasteiger partial charge on any atom is -0.469 e. The second-order valence-corrected chi connectivity index (χ2v) is 7.53. The fourth-order valence-electron chi connectivity index (χ4n) is 2.86. The Hall–Kier alpha value is -3.02. The largest absolute Gasteiger partial charge is 0.469 e. The van der Waals surface area contributed by atoms with Crippen molar-refractivity contribution in [1.29, 1.82) is 0 Å². The summed E-state index contributed by atoms with van der Waals surface area (Å²) in [6.07, 6.45) is -5.06. The molecule has 0 radical (unpaired) electrons. The number of anilines is 1. The zero-order valence-electron chi connectivity index (χ0n) is 17.5. The fourth-order valence-corrected chi connectivity index (χ4v) is 3.09. The van der Waals surface area contributed by atoms with Crippen LogP contribution in [0.25, 0.3) is 0 Å². The molecule has 0 amide bonds. The van der Waals surface area contributed by atoms with Crippen LogP contribution in [0.15, 0.2) is 24.3 Å². The van der Waals surface area contributed by atoms with E-state index >= 15 is 0 Å². The van der Waals surface area contributed by atoms with Crippen LogP contribution >= 0.6 is 11.6 Å². The van der Waals surface area contributed by atoms with Crippen molar-refractivity contribution in [2.45, 2.75) is 32.2 Å². The quantitative estimate of drug-likeness (QED) is 0.280. The number of benzene rings is 2. The van der Waals surface area contributed by atoms with Crippen LogP contribution < -0.4 is 5.32 Å². The Morgan fingerprint density at radius 2 is 1.65 bits per heavy atom. The summed E-state index contributed by atoms with van der Waals surface area (Å²) < 4.78 is 102. The third-order valence-corrected chi connectivity index (χ3v) is 5.02. The molecule has 0 aliphatic rings. The van der Waals surface area contributed by atoms with Crippen LogP contribution in [0.4, 0.5) is 36.4 Å². The van der Waals surface area contributed by atoms with Gasteiger partial charge in [0.25, 0.3) is 0 Å². The SMILES string of the molecule is COC(=O)CC(C)C(Nc1ccc(C(F)(F)F)cc1Cl)C(=O)OCc1c(F)c(F)cc(F)c1F. The second-order valence-electron chi connectivity index (χ2n) is 7.13. The maximum atomic E-state index is 13.8. The molecule has 0 spiro atoms. The van der Waals surface area contributed by atoms with Crippen molar-refractivity contribution in [3.05, 3.63) is 63.7 Å². The first-order valence-corrected chi connectivity index (χ1v) is 9.82. The van der Waals surface area contributed by atoms with Gasteiger partial charge in [-0.15, -0.1) is 0 Å². The zero-order valence-corrected chi connectivity index (χ0v) is 18.3. The molecule has 5 nitrogen and oxygen atoms in total. The van der Waals surface area contributed by atoms with Gasteiger partial charge in [-0.3, -0.25) is 4.79 Å². The molecule has 0 aliphatic heterocycles. The van der Waals surface area contributed by atoms with Gasteiger partial charge < -0.3 is 14.8 Å². The number of methoxy groups -OCH3 is 1. The van der Waals surface area contributed by atoms with E-state index in [1.54, 1.807) is 0 Å². The molecule has 13 heteroatoms. The first-order chi connectivity index (χ1) is 15.8. The molecule has 186 valence electrons. The van der Waals surface area contributed by atoms with E-state index in [2.05, 4.69) is 10.1 Å².